The highest BCUT2D eigenvalue weighted by atomic mass is 32.1. The summed E-state index contributed by atoms with van der Waals surface area (Å²) in [6.07, 6.45) is 1.16. The second-order valence-electron chi connectivity index (χ2n) is 6.64. The molecule has 1 amide bonds. The Hall–Kier alpha value is -1.59. The summed E-state index contributed by atoms with van der Waals surface area (Å²) in [4.78, 5) is 18.9. The van der Waals surface area contributed by atoms with Crippen molar-refractivity contribution in [2.75, 3.05) is 20.6 Å². The SMILES string of the molecule is CN(C)Cc1ccc(C(=O)NCC2CC2(C)c2cccs2)[nH]1. The lowest BCUT2D eigenvalue weighted by molar-refractivity contribution is 0.0946. The van der Waals surface area contributed by atoms with Gasteiger partial charge in [-0.25, -0.2) is 0 Å². The van der Waals surface area contributed by atoms with Crippen LogP contribution in [-0.2, 0) is 12.0 Å². The van der Waals surface area contributed by atoms with Gasteiger partial charge in [0.05, 0.1) is 0 Å². The first-order valence-electron chi connectivity index (χ1n) is 7.64. The number of amides is 1. The molecule has 3 rings (SSSR count). The molecule has 0 saturated heterocycles. The maximum absolute atomic E-state index is 12.2. The van der Waals surface area contributed by atoms with Gasteiger partial charge in [-0.2, -0.15) is 0 Å². The van der Waals surface area contributed by atoms with Gasteiger partial charge in [-0.05, 0) is 50.0 Å². The summed E-state index contributed by atoms with van der Waals surface area (Å²) in [5, 5.41) is 5.19. The van der Waals surface area contributed by atoms with Crippen LogP contribution in [0.3, 0.4) is 0 Å². The zero-order chi connectivity index (χ0) is 15.7. The number of H-pyrrole nitrogens is 1. The molecule has 2 heterocycles. The molecular weight excluding hydrogens is 294 g/mol. The van der Waals surface area contributed by atoms with Crippen molar-refractivity contribution in [3.63, 3.8) is 0 Å². The lowest BCUT2D eigenvalue weighted by Crippen LogP contribution is -2.27. The first-order valence-corrected chi connectivity index (χ1v) is 8.52. The molecule has 1 aliphatic carbocycles. The lowest BCUT2D eigenvalue weighted by Gasteiger charge is -2.10. The minimum Gasteiger partial charge on any atom is -0.353 e. The Bertz CT molecular complexity index is 647. The third kappa shape index (κ3) is 3.10. The summed E-state index contributed by atoms with van der Waals surface area (Å²) in [6, 6.07) is 8.14. The van der Waals surface area contributed by atoms with Crippen LogP contribution in [0.4, 0.5) is 0 Å². The van der Waals surface area contributed by atoms with E-state index in [1.54, 1.807) is 0 Å². The van der Waals surface area contributed by atoms with Gasteiger partial charge in [0.2, 0.25) is 0 Å². The fourth-order valence-electron chi connectivity index (χ4n) is 2.97. The summed E-state index contributed by atoms with van der Waals surface area (Å²) < 4.78 is 0. The van der Waals surface area contributed by atoms with E-state index in [4.69, 9.17) is 0 Å². The zero-order valence-electron chi connectivity index (χ0n) is 13.3. The minimum atomic E-state index is -0.00886. The number of rotatable bonds is 6. The largest absolute Gasteiger partial charge is 0.353 e. The molecule has 118 valence electrons. The van der Waals surface area contributed by atoms with E-state index in [0.29, 0.717) is 11.6 Å². The van der Waals surface area contributed by atoms with E-state index in [1.807, 2.05) is 37.6 Å². The van der Waals surface area contributed by atoms with Crippen molar-refractivity contribution < 1.29 is 4.79 Å². The maximum atomic E-state index is 12.2. The van der Waals surface area contributed by atoms with E-state index in [2.05, 4.69) is 39.6 Å². The molecule has 0 aliphatic heterocycles. The summed E-state index contributed by atoms with van der Waals surface area (Å²) in [6.45, 7) is 3.85. The molecular formula is C17H23N3OS. The molecule has 2 atom stereocenters. The average Bonchev–Trinajstić information content (AvgIpc) is 2.94. The van der Waals surface area contributed by atoms with Crippen molar-refractivity contribution in [2.24, 2.45) is 5.92 Å². The molecule has 22 heavy (non-hydrogen) atoms. The molecule has 2 N–H and O–H groups in total. The molecule has 2 aromatic heterocycles. The fraction of sp³-hybridized carbons (Fsp3) is 0.471. The van der Waals surface area contributed by atoms with Crippen LogP contribution in [0.15, 0.2) is 29.6 Å². The number of hydrogen-bond donors (Lipinski definition) is 2. The number of thiophene rings is 1. The zero-order valence-corrected chi connectivity index (χ0v) is 14.2. The summed E-state index contributed by atoms with van der Waals surface area (Å²) in [7, 11) is 4.03. The number of carbonyl (C=O) groups is 1. The van der Waals surface area contributed by atoms with Crippen LogP contribution in [0.5, 0.6) is 0 Å². The lowest BCUT2D eigenvalue weighted by atomic mass is 10.0. The highest BCUT2D eigenvalue weighted by molar-refractivity contribution is 7.10. The van der Waals surface area contributed by atoms with E-state index in [-0.39, 0.29) is 11.3 Å². The smallest absolute Gasteiger partial charge is 0.267 e. The number of hydrogen-bond acceptors (Lipinski definition) is 3. The van der Waals surface area contributed by atoms with Crippen molar-refractivity contribution in [2.45, 2.75) is 25.3 Å². The number of aromatic amines is 1. The first kappa shape index (κ1) is 15.3. The molecule has 0 spiro atoms. The fourth-order valence-corrected chi connectivity index (χ4v) is 3.95. The standard InChI is InChI=1S/C17H23N3OS/c1-17(15-5-4-8-22-15)9-12(17)10-18-16(21)14-7-6-13(19-14)11-20(2)3/h4-8,12,19H,9-11H2,1-3H3,(H,18,21). The van der Waals surface area contributed by atoms with Crippen LogP contribution < -0.4 is 5.32 Å². The van der Waals surface area contributed by atoms with Crippen LogP contribution >= 0.6 is 11.3 Å². The number of nitrogens with one attached hydrogen (secondary N) is 2. The second kappa shape index (κ2) is 5.89. The van der Waals surface area contributed by atoms with Crippen molar-refractivity contribution in [3.8, 4) is 0 Å². The molecule has 1 aliphatic rings. The van der Waals surface area contributed by atoms with Crippen LogP contribution in [0.25, 0.3) is 0 Å². The molecule has 1 fully saturated rings. The van der Waals surface area contributed by atoms with Crippen molar-refractivity contribution in [3.05, 3.63) is 45.9 Å². The Morgan fingerprint density at radius 1 is 1.45 bits per heavy atom. The Morgan fingerprint density at radius 3 is 2.95 bits per heavy atom. The third-order valence-corrected chi connectivity index (χ3v) is 5.63. The second-order valence-corrected chi connectivity index (χ2v) is 7.59. The minimum absolute atomic E-state index is 0.00886. The van der Waals surface area contributed by atoms with Gasteiger partial charge in [-0.15, -0.1) is 11.3 Å². The molecule has 0 radical (unpaired) electrons. The molecule has 2 aromatic rings. The van der Waals surface area contributed by atoms with Gasteiger partial charge >= 0.3 is 0 Å². The van der Waals surface area contributed by atoms with Gasteiger partial charge in [0.15, 0.2) is 0 Å². The molecule has 4 nitrogen and oxygen atoms in total. The molecule has 0 aromatic carbocycles. The predicted molar refractivity (Wildman–Crippen MR) is 90.3 cm³/mol. The van der Waals surface area contributed by atoms with Gasteiger partial charge in [0, 0.05) is 29.1 Å². The highest BCUT2D eigenvalue weighted by Crippen LogP contribution is 2.54. The van der Waals surface area contributed by atoms with E-state index in [1.165, 1.54) is 4.88 Å². The van der Waals surface area contributed by atoms with Crippen LogP contribution in [0, 0.1) is 5.92 Å². The van der Waals surface area contributed by atoms with E-state index < -0.39 is 0 Å². The van der Waals surface area contributed by atoms with E-state index in [9.17, 15) is 4.79 Å². The van der Waals surface area contributed by atoms with E-state index >= 15 is 0 Å². The van der Waals surface area contributed by atoms with Gasteiger partial charge in [-0.1, -0.05) is 13.0 Å². The van der Waals surface area contributed by atoms with Crippen LogP contribution in [-0.4, -0.2) is 36.4 Å². The Labute approximate surface area is 135 Å². The first-order chi connectivity index (χ1) is 10.5. The van der Waals surface area contributed by atoms with Crippen LogP contribution in [0.2, 0.25) is 0 Å². The average molecular weight is 317 g/mol. The van der Waals surface area contributed by atoms with Gasteiger partial charge in [-0.3, -0.25) is 4.79 Å². The predicted octanol–water partition coefficient (Wildman–Crippen LogP) is 2.85. The topological polar surface area (TPSA) is 48.1 Å². The Morgan fingerprint density at radius 2 is 2.27 bits per heavy atom. The van der Waals surface area contributed by atoms with Gasteiger partial charge in [0.25, 0.3) is 5.91 Å². The highest BCUT2D eigenvalue weighted by Gasteiger charge is 2.51. The number of aromatic nitrogens is 1. The quantitative estimate of drug-likeness (QED) is 0.861. The Balaban J connectivity index is 1.52. The van der Waals surface area contributed by atoms with Gasteiger partial charge in [0.1, 0.15) is 5.69 Å². The van der Waals surface area contributed by atoms with Crippen molar-refractivity contribution in [1.29, 1.82) is 0 Å². The monoisotopic (exact) mass is 317 g/mol. The maximum Gasteiger partial charge on any atom is 0.267 e. The number of nitrogens with zero attached hydrogens (tertiary/aromatic N) is 1. The third-order valence-electron chi connectivity index (χ3n) is 4.48. The Kier molecular flexibility index (Phi) is 4.10. The van der Waals surface area contributed by atoms with Crippen molar-refractivity contribution in [1.82, 2.24) is 15.2 Å². The molecule has 5 heteroatoms. The number of carbonyl (C=O) groups excluding carboxylic acids is 1. The van der Waals surface area contributed by atoms with Crippen LogP contribution in [0.1, 0.15) is 34.4 Å². The van der Waals surface area contributed by atoms with Crippen molar-refractivity contribution >= 4 is 17.2 Å². The summed E-state index contributed by atoms with van der Waals surface area (Å²) in [5.74, 6) is 0.539. The summed E-state index contributed by atoms with van der Waals surface area (Å²) in [5.41, 5.74) is 1.97. The normalized spacial score (nSPS) is 23.7. The molecule has 1 saturated carbocycles. The molecule has 0 bridgehead atoms. The van der Waals surface area contributed by atoms with Gasteiger partial charge < -0.3 is 15.2 Å². The van der Waals surface area contributed by atoms with E-state index in [0.717, 1.165) is 25.2 Å². The molecule has 2 unspecified atom stereocenters. The summed E-state index contributed by atoms with van der Waals surface area (Å²) >= 11 is 1.81.